The van der Waals surface area contributed by atoms with Crippen molar-refractivity contribution in [2.45, 2.75) is 37.4 Å². The number of Topliss-reactive ketones (excluding diaryl/α,β-unsaturated/α-hetero) is 1. The van der Waals surface area contributed by atoms with Crippen molar-refractivity contribution >= 4 is 5.78 Å². The van der Waals surface area contributed by atoms with Crippen molar-refractivity contribution in [3.8, 4) is 11.5 Å². The Morgan fingerprint density at radius 3 is 2.55 bits per heavy atom. The summed E-state index contributed by atoms with van der Waals surface area (Å²) in [7, 11) is 4.96. The van der Waals surface area contributed by atoms with Crippen LogP contribution in [0, 0.1) is 0 Å². The summed E-state index contributed by atoms with van der Waals surface area (Å²) in [6.07, 6.45) is 2.88. The van der Waals surface area contributed by atoms with Gasteiger partial charge in [0.15, 0.2) is 17.2 Å². The number of fused-ring (bicyclic) bond motifs is 1. The number of likely N-dealkylation sites (tertiary alicyclic amines) is 1. The van der Waals surface area contributed by atoms with Gasteiger partial charge in [-0.3, -0.25) is 9.69 Å². The van der Waals surface area contributed by atoms with Crippen molar-refractivity contribution in [2.75, 3.05) is 27.8 Å². The van der Waals surface area contributed by atoms with E-state index in [1.165, 1.54) is 7.11 Å². The lowest BCUT2D eigenvalue weighted by Gasteiger charge is -2.39. The number of ether oxygens (including phenoxy) is 2. The van der Waals surface area contributed by atoms with E-state index < -0.39 is 11.5 Å². The van der Waals surface area contributed by atoms with Gasteiger partial charge in [0.25, 0.3) is 0 Å². The Labute approximate surface area is 130 Å². The number of hydrogen-bond acceptors (Lipinski definition) is 4. The molecule has 0 N–H and O–H groups in total. The van der Waals surface area contributed by atoms with E-state index >= 15 is 4.39 Å². The standard InChI is InChI=1S/C17H22FNO3/c1-19-7-5-4-6-15(19)17(18)10-11-8-13(21-2)14(22-3)9-12(11)16(17)20/h8-9,15H,4-7,10H2,1-3H3. The summed E-state index contributed by atoms with van der Waals surface area (Å²) in [6, 6.07) is 3.00. The summed E-state index contributed by atoms with van der Waals surface area (Å²) in [5.41, 5.74) is -0.697. The van der Waals surface area contributed by atoms with Gasteiger partial charge in [0.05, 0.1) is 20.3 Å². The van der Waals surface area contributed by atoms with E-state index in [4.69, 9.17) is 9.47 Å². The summed E-state index contributed by atoms with van der Waals surface area (Å²) in [4.78, 5) is 14.7. The first-order valence-electron chi connectivity index (χ1n) is 7.70. The molecule has 0 spiro atoms. The zero-order chi connectivity index (χ0) is 15.9. The van der Waals surface area contributed by atoms with Crippen LogP contribution >= 0.6 is 0 Å². The normalized spacial score (nSPS) is 28.5. The minimum Gasteiger partial charge on any atom is -0.493 e. The number of carbonyl (C=O) groups is 1. The van der Waals surface area contributed by atoms with Gasteiger partial charge in [0, 0.05) is 12.0 Å². The van der Waals surface area contributed by atoms with E-state index in [1.54, 1.807) is 19.2 Å². The van der Waals surface area contributed by atoms with Crippen LogP contribution in [0.15, 0.2) is 12.1 Å². The molecule has 2 aliphatic rings. The maximum absolute atomic E-state index is 15.6. The van der Waals surface area contributed by atoms with Gasteiger partial charge < -0.3 is 9.47 Å². The van der Waals surface area contributed by atoms with Crippen LogP contribution < -0.4 is 9.47 Å². The van der Waals surface area contributed by atoms with Crippen molar-refractivity contribution < 1.29 is 18.7 Å². The Morgan fingerprint density at radius 2 is 1.91 bits per heavy atom. The molecule has 2 unspecified atom stereocenters. The van der Waals surface area contributed by atoms with Crippen molar-refractivity contribution in [1.82, 2.24) is 4.90 Å². The molecule has 22 heavy (non-hydrogen) atoms. The van der Waals surface area contributed by atoms with Crippen LogP contribution in [0.2, 0.25) is 0 Å². The molecule has 0 radical (unpaired) electrons. The fourth-order valence-corrected chi connectivity index (χ4v) is 3.78. The number of ketones is 1. The number of halogens is 1. The SMILES string of the molecule is COc1cc2c(cc1OC)C(=O)C(F)(C1CCCCN1C)C2. The molecule has 1 fully saturated rings. The predicted octanol–water partition coefficient (Wildman–Crippen LogP) is 2.64. The van der Waals surface area contributed by atoms with Gasteiger partial charge in [-0.15, -0.1) is 0 Å². The molecule has 0 saturated carbocycles. The second kappa shape index (κ2) is 5.54. The molecule has 2 atom stereocenters. The molecule has 0 amide bonds. The molecule has 1 aromatic rings. The Morgan fingerprint density at radius 1 is 1.23 bits per heavy atom. The van der Waals surface area contributed by atoms with E-state index in [0.717, 1.165) is 25.8 Å². The summed E-state index contributed by atoms with van der Waals surface area (Å²) in [6.45, 7) is 0.840. The minimum absolute atomic E-state index is 0.122. The molecule has 3 rings (SSSR count). The topological polar surface area (TPSA) is 38.8 Å². The Hall–Kier alpha value is -1.62. The molecule has 0 aromatic heterocycles. The van der Waals surface area contributed by atoms with E-state index in [9.17, 15) is 4.79 Å². The molecule has 1 aromatic carbocycles. The van der Waals surface area contributed by atoms with Crippen LogP contribution in [0.5, 0.6) is 11.5 Å². The molecule has 1 aliphatic carbocycles. The minimum atomic E-state index is -1.84. The van der Waals surface area contributed by atoms with E-state index in [0.29, 0.717) is 22.6 Å². The maximum Gasteiger partial charge on any atom is 0.202 e. The van der Waals surface area contributed by atoms with Crippen molar-refractivity contribution in [3.63, 3.8) is 0 Å². The predicted molar refractivity (Wildman–Crippen MR) is 81.7 cm³/mol. The molecule has 4 nitrogen and oxygen atoms in total. The number of hydrogen-bond donors (Lipinski definition) is 0. The second-order valence-electron chi connectivity index (χ2n) is 6.22. The van der Waals surface area contributed by atoms with Crippen LogP contribution in [0.25, 0.3) is 0 Å². The number of alkyl halides is 1. The zero-order valence-corrected chi connectivity index (χ0v) is 13.3. The highest BCUT2D eigenvalue weighted by molar-refractivity contribution is 6.08. The molecule has 1 saturated heterocycles. The van der Waals surface area contributed by atoms with E-state index in [-0.39, 0.29) is 12.5 Å². The average molecular weight is 307 g/mol. The van der Waals surface area contributed by atoms with Gasteiger partial charge in [-0.25, -0.2) is 4.39 Å². The van der Waals surface area contributed by atoms with Gasteiger partial charge in [0.2, 0.25) is 5.78 Å². The van der Waals surface area contributed by atoms with Gasteiger partial charge in [-0.2, -0.15) is 0 Å². The van der Waals surface area contributed by atoms with Crippen LogP contribution in [0.3, 0.4) is 0 Å². The lowest BCUT2D eigenvalue weighted by Crippen LogP contribution is -2.54. The summed E-state index contributed by atoms with van der Waals surface area (Å²) >= 11 is 0. The second-order valence-corrected chi connectivity index (χ2v) is 6.22. The van der Waals surface area contributed by atoms with Crippen LogP contribution in [0.4, 0.5) is 4.39 Å². The first-order valence-corrected chi connectivity index (χ1v) is 7.70. The Kier molecular flexibility index (Phi) is 3.85. The first-order chi connectivity index (χ1) is 10.5. The first kappa shape index (κ1) is 15.3. The maximum atomic E-state index is 15.6. The molecule has 1 heterocycles. The number of methoxy groups -OCH3 is 2. The largest absolute Gasteiger partial charge is 0.493 e. The highest BCUT2D eigenvalue weighted by Crippen LogP contribution is 2.43. The number of nitrogens with zero attached hydrogens (tertiary/aromatic N) is 1. The van der Waals surface area contributed by atoms with Crippen molar-refractivity contribution in [1.29, 1.82) is 0 Å². The van der Waals surface area contributed by atoms with Gasteiger partial charge in [-0.1, -0.05) is 6.42 Å². The molecular weight excluding hydrogens is 285 g/mol. The van der Waals surface area contributed by atoms with Crippen LogP contribution in [0.1, 0.15) is 35.2 Å². The quantitative estimate of drug-likeness (QED) is 0.860. The van der Waals surface area contributed by atoms with Crippen molar-refractivity contribution in [3.05, 3.63) is 23.3 Å². The van der Waals surface area contributed by atoms with E-state index in [2.05, 4.69) is 0 Å². The van der Waals surface area contributed by atoms with Gasteiger partial charge in [0.1, 0.15) is 0 Å². The molecular formula is C17H22FNO3. The summed E-state index contributed by atoms with van der Waals surface area (Å²) < 4.78 is 26.1. The van der Waals surface area contributed by atoms with Crippen molar-refractivity contribution in [2.24, 2.45) is 0 Å². The fourth-order valence-electron chi connectivity index (χ4n) is 3.78. The summed E-state index contributed by atoms with van der Waals surface area (Å²) in [5, 5.41) is 0. The lowest BCUT2D eigenvalue weighted by molar-refractivity contribution is 0.0222. The smallest absolute Gasteiger partial charge is 0.202 e. The fraction of sp³-hybridized carbons (Fsp3) is 0.588. The monoisotopic (exact) mass is 307 g/mol. The van der Waals surface area contributed by atoms with Crippen LogP contribution in [-0.4, -0.2) is 50.2 Å². The zero-order valence-electron chi connectivity index (χ0n) is 13.3. The molecule has 120 valence electrons. The third-order valence-corrected chi connectivity index (χ3v) is 4.98. The number of piperidine rings is 1. The molecule has 0 bridgehead atoms. The van der Waals surface area contributed by atoms with Crippen LogP contribution in [-0.2, 0) is 6.42 Å². The third-order valence-electron chi connectivity index (χ3n) is 4.98. The Bertz CT molecular complexity index is 604. The number of benzene rings is 1. The molecule has 1 aliphatic heterocycles. The highest BCUT2D eigenvalue weighted by atomic mass is 19.1. The highest BCUT2D eigenvalue weighted by Gasteiger charge is 2.53. The number of rotatable bonds is 3. The van der Waals surface area contributed by atoms with Gasteiger partial charge in [-0.05, 0) is 44.1 Å². The third kappa shape index (κ3) is 2.19. The lowest BCUT2D eigenvalue weighted by atomic mass is 9.85. The number of carbonyl (C=O) groups excluding carboxylic acids is 1. The van der Waals surface area contributed by atoms with E-state index in [1.807, 2.05) is 11.9 Å². The Balaban J connectivity index is 1.99. The van der Waals surface area contributed by atoms with Gasteiger partial charge >= 0.3 is 0 Å². The average Bonchev–Trinajstić information content (AvgIpc) is 2.78. The summed E-state index contributed by atoms with van der Waals surface area (Å²) in [5.74, 6) is 0.591. The molecule has 5 heteroatoms.